The van der Waals surface area contributed by atoms with E-state index in [4.69, 9.17) is 4.74 Å². The fourth-order valence-electron chi connectivity index (χ4n) is 1.46. The van der Waals surface area contributed by atoms with Crippen molar-refractivity contribution in [2.75, 3.05) is 33.4 Å². The molecule has 0 unspecified atom stereocenters. The summed E-state index contributed by atoms with van der Waals surface area (Å²) in [5.74, 6) is 1.82. The quantitative estimate of drug-likeness (QED) is 0.303. The predicted octanol–water partition coefficient (Wildman–Crippen LogP) is 2.00. The smallest absolute Gasteiger partial charge is 0.190 e. The van der Waals surface area contributed by atoms with Crippen molar-refractivity contribution in [1.82, 2.24) is 10.6 Å². The van der Waals surface area contributed by atoms with Gasteiger partial charge in [0, 0.05) is 33.4 Å². The molecule has 1 aliphatic carbocycles. The van der Waals surface area contributed by atoms with Crippen molar-refractivity contribution in [1.29, 1.82) is 0 Å². The Kier molecular flexibility index (Phi) is 11.0. The molecule has 0 amide bonds. The van der Waals surface area contributed by atoms with Gasteiger partial charge in [-0.1, -0.05) is 0 Å². The second-order valence-corrected chi connectivity index (χ2v) is 4.23. The molecule has 17 heavy (non-hydrogen) atoms. The van der Waals surface area contributed by atoms with Gasteiger partial charge in [-0.05, 0) is 38.5 Å². The van der Waals surface area contributed by atoms with Gasteiger partial charge in [-0.25, -0.2) is 0 Å². The number of nitrogens with one attached hydrogen (secondary N) is 2. The average Bonchev–Trinajstić information content (AvgIpc) is 3.11. The third-order valence-electron chi connectivity index (χ3n) is 2.69. The number of hydrogen-bond acceptors (Lipinski definition) is 2. The second-order valence-electron chi connectivity index (χ2n) is 4.23. The van der Waals surface area contributed by atoms with Crippen molar-refractivity contribution in [2.45, 2.75) is 32.6 Å². The second kappa shape index (κ2) is 11.1. The Hall–Kier alpha value is -0.0400. The first-order valence-corrected chi connectivity index (χ1v) is 6.39. The van der Waals surface area contributed by atoms with E-state index in [0.717, 1.165) is 51.0 Å². The Morgan fingerprint density at radius 1 is 1.29 bits per heavy atom. The summed E-state index contributed by atoms with van der Waals surface area (Å²) in [6, 6.07) is 0. The molecule has 4 nitrogen and oxygen atoms in total. The highest BCUT2D eigenvalue weighted by molar-refractivity contribution is 14.0. The van der Waals surface area contributed by atoms with Gasteiger partial charge < -0.3 is 15.4 Å². The third-order valence-corrected chi connectivity index (χ3v) is 2.69. The molecule has 0 heterocycles. The highest BCUT2D eigenvalue weighted by atomic mass is 127. The number of ether oxygens (including phenoxy) is 1. The monoisotopic (exact) mass is 355 g/mol. The normalized spacial score (nSPS) is 15.3. The minimum Gasteiger partial charge on any atom is -0.382 e. The van der Waals surface area contributed by atoms with Crippen LogP contribution in [-0.4, -0.2) is 39.3 Å². The van der Waals surface area contributed by atoms with E-state index in [1.54, 1.807) is 0 Å². The lowest BCUT2D eigenvalue weighted by molar-refractivity contribution is 0.143. The van der Waals surface area contributed by atoms with Crippen LogP contribution in [0.2, 0.25) is 0 Å². The number of hydrogen-bond donors (Lipinski definition) is 2. The maximum Gasteiger partial charge on any atom is 0.190 e. The maximum atomic E-state index is 5.28. The van der Waals surface area contributed by atoms with Gasteiger partial charge in [0.2, 0.25) is 0 Å². The molecule has 0 saturated heterocycles. The lowest BCUT2D eigenvalue weighted by Crippen LogP contribution is -2.38. The Morgan fingerprint density at radius 3 is 2.65 bits per heavy atom. The number of aliphatic imine (C=N–C) groups is 1. The molecule has 1 fully saturated rings. The van der Waals surface area contributed by atoms with Crippen LogP contribution < -0.4 is 10.6 Å². The summed E-state index contributed by atoms with van der Waals surface area (Å²) in [5, 5.41) is 6.65. The van der Waals surface area contributed by atoms with Crippen LogP contribution >= 0.6 is 24.0 Å². The van der Waals surface area contributed by atoms with Crippen LogP contribution in [0.15, 0.2) is 4.99 Å². The minimum absolute atomic E-state index is 0. The molecule has 1 saturated carbocycles. The van der Waals surface area contributed by atoms with E-state index in [1.807, 2.05) is 14.0 Å². The standard InChI is InChI=1S/C12H25N3O.HI/c1-3-16-9-5-4-8-14-12(13-2)15-10-11-6-7-11;/h11H,3-10H2,1-2H3,(H2,13,14,15);1H. The van der Waals surface area contributed by atoms with Crippen LogP contribution in [0, 0.1) is 5.92 Å². The van der Waals surface area contributed by atoms with Gasteiger partial charge in [-0.15, -0.1) is 24.0 Å². The van der Waals surface area contributed by atoms with Crippen molar-refractivity contribution in [3.63, 3.8) is 0 Å². The summed E-state index contributed by atoms with van der Waals surface area (Å²) in [6.45, 7) is 5.75. The SMILES string of the molecule is CCOCCCCNC(=NC)NCC1CC1.I. The highest BCUT2D eigenvalue weighted by Crippen LogP contribution is 2.27. The van der Waals surface area contributed by atoms with E-state index >= 15 is 0 Å². The number of halogens is 1. The van der Waals surface area contributed by atoms with Crippen LogP contribution in [-0.2, 0) is 4.74 Å². The molecule has 0 radical (unpaired) electrons. The lowest BCUT2D eigenvalue weighted by atomic mass is 10.3. The predicted molar refractivity (Wildman–Crippen MR) is 83.2 cm³/mol. The van der Waals surface area contributed by atoms with Crippen LogP contribution in [0.25, 0.3) is 0 Å². The Balaban J connectivity index is 0.00000256. The van der Waals surface area contributed by atoms with Gasteiger partial charge in [0.25, 0.3) is 0 Å². The van der Waals surface area contributed by atoms with Crippen LogP contribution in [0.5, 0.6) is 0 Å². The van der Waals surface area contributed by atoms with Gasteiger partial charge in [0.15, 0.2) is 5.96 Å². The van der Waals surface area contributed by atoms with Crippen molar-refractivity contribution in [2.24, 2.45) is 10.9 Å². The Bertz CT molecular complexity index is 208. The molecule has 102 valence electrons. The zero-order valence-electron chi connectivity index (χ0n) is 11.0. The molecule has 0 aromatic rings. The fraction of sp³-hybridized carbons (Fsp3) is 0.917. The molecule has 1 aliphatic rings. The van der Waals surface area contributed by atoms with Gasteiger partial charge in [-0.2, -0.15) is 0 Å². The molecule has 0 bridgehead atoms. The Morgan fingerprint density at radius 2 is 2.06 bits per heavy atom. The van der Waals surface area contributed by atoms with E-state index in [2.05, 4.69) is 15.6 Å². The van der Waals surface area contributed by atoms with Crippen LogP contribution in [0.3, 0.4) is 0 Å². The molecule has 0 aromatic carbocycles. The van der Waals surface area contributed by atoms with Gasteiger partial charge in [0.1, 0.15) is 0 Å². The summed E-state index contributed by atoms with van der Waals surface area (Å²) in [7, 11) is 1.82. The lowest BCUT2D eigenvalue weighted by Gasteiger charge is -2.11. The molecule has 2 N–H and O–H groups in total. The van der Waals surface area contributed by atoms with Crippen molar-refractivity contribution in [3.05, 3.63) is 0 Å². The summed E-state index contributed by atoms with van der Waals surface area (Å²) < 4.78 is 5.28. The number of guanidine groups is 1. The van der Waals surface area contributed by atoms with E-state index in [9.17, 15) is 0 Å². The minimum atomic E-state index is 0. The molecule has 5 heteroatoms. The van der Waals surface area contributed by atoms with Gasteiger partial charge in [0.05, 0.1) is 0 Å². The number of nitrogens with zero attached hydrogens (tertiary/aromatic N) is 1. The summed E-state index contributed by atoms with van der Waals surface area (Å²) in [5.41, 5.74) is 0. The van der Waals surface area contributed by atoms with Crippen LogP contribution in [0.1, 0.15) is 32.6 Å². The van der Waals surface area contributed by atoms with E-state index in [-0.39, 0.29) is 24.0 Å². The average molecular weight is 355 g/mol. The molecule has 1 rings (SSSR count). The van der Waals surface area contributed by atoms with Crippen molar-refractivity contribution in [3.8, 4) is 0 Å². The fourth-order valence-corrected chi connectivity index (χ4v) is 1.46. The first kappa shape index (κ1) is 17.0. The van der Waals surface area contributed by atoms with Crippen molar-refractivity contribution >= 4 is 29.9 Å². The summed E-state index contributed by atoms with van der Waals surface area (Å²) >= 11 is 0. The van der Waals surface area contributed by atoms with Crippen LogP contribution in [0.4, 0.5) is 0 Å². The van der Waals surface area contributed by atoms with Crippen molar-refractivity contribution < 1.29 is 4.74 Å². The first-order chi connectivity index (χ1) is 7.86. The molecule has 0 spiro atoms. The third kappa shape index (κ3) is 9.64. The molecular weight excluding hydrogens is 329 g/mol. The van der Waals surface area contributed by atoms with Gasteiger partial charge in [-0.3, -0.25) is 4.99 Å². The largest absolute Gasteiger partial charge is 0.382 e. The maximum absolute atomic E-state index is 5.28. The molecule has 0 aliphatic heterocycles. The molecular formula is C12H26IN3O. The highest BCUT2D eigenvalue weighted by Gasteiger charge is 2.20. The number of rotatable bonds is 8. The van der Waals surface area contributed by atoms with E-state index < -0.39 is 0 Å². The van der Waals surface area contributed by atoms with Gasteiger partial charge >= 0.3 is 0 Å². The molecule has 0 aromatic heterocycles. The number of unbranched alkanes of at least 4 members (excludes halogenated alkanes) is 1. The van der Waals surface area contributed by atoms with E-state index in [1.165, 1.54) is 12.8 Å². The summed E-state index contributed by atoms with van der Waals surface area (Å²) in [6.07, 6.45) is 4.99. The first-order valence-electron chi connectivity index (χ1n) is 6.39. The summed E-state index contributed by atoms with van der Waals surface area (Å²) in [4.78, 5) is 4.18. The Labute approximate surface area is 122 Å². The zero-order valence-corrected chi connectivity index (χ0v) is 13.3. The zero-order chi connectivity index (χ0) is 11.6. The molecule has 0 atom stereocenters. The van der Waals surface area contributed by atoms with E-state index in [0.29, 0.717) is 0 Å². The topological polar surface area (TPSA) is 45.6 Å².